The summed E-state index contributed by atoms with van der Waals surface area (Å²) in [7, 11) is 0. The van der Waals surface area contributed by atoms with Gasteiger partial charge in [0.15, 0.2) is 11.6 Å². The fourth-order valence-corrected chi connectivity index (χ4v) is 4.07. The smallest absolute Gasteiger partial charge is 0.168 e. The molecule has 4 heteroatoms. The average molecular weight is 490 g/mol. The van der Waals surface area contributed by atoms with Gasteiger partial charge < -0.3 is 4.74 Å². The molecule has 1 aromatic heterocycles. The molecule has 1 heterocycles. The summed E-state index contributed by atoms with van der Waals surface area (Å²) in [4.78, 5) is 4.39. The summed E-state index contributed by atoms with van der Waals surface area (Å²) >= 11 is 0. The normalized spacial score (nSPS) is 12.2. The van der Waals surface area contributed by atoms with Gasteiger partial charge in [-0.25, -0.2) is 8.78 Å². The summed E-state index contributed by atoms with van der Waals surface area (Å²) in [6.07, 6.45) is 15.0. The first-order valence-electron chi connectivity index (χ1n) is 13.0. The molecule has 0 aliphatic carbocycles. The maximum atomic E-state index is 14.5. The lowest BCUT2D eigenvalue weighted by atomic mass is 10.0. The molecule has 0 spiro atoms. The van der Waals surface area contributed by atoms with Crippen LogP contribution >= 0.6 is 0 Å². The van der Waals surface area contributed by atoms with Gasteiger partial charge in [-0.15, -0.1) is 6.58 Å². The topological polar surface area (TPSA) is 22.1 Å². The molecule has 0 N–H and O–H groups in total. The number of rotatable bonds is 14. The summed E-state index contributed by atoms with van der Waals surface area (Å²) in [6, 6.07) is 15.0. The van der Waals surface area contributed by atoms with Crippen LogP contribution in [-0.2, 0) is 11.2 Å². The van der Waals surface area contributed by atoms with Crippen molar-refractivity contribution in [2.24, 2.45) is 0 Å². The highest BCUT2D eigenvalue weighted by molar-refractivity contribution is 5.68. The maximum Gasteiger partial charge on any atom is 0.168 e. The maximum absolute atomic E-state index is 14.5. The van der Waals surface area contributed by atoms with Crippen LogP contribution in [0.25, 0.3) is 28.5 Å². The summed E-state index contributed by atoms with van der Waals surface area (Å²) in [5.41, 5.74) is 3.94. The molecule has 1 unspecified atom stereocenters. The van der Waals surface area contributed by atoms with Gasteiger partial charge in [-0.1, -0.05) is 74.4 Å². The number of hydrogen-bond donors (Lipinski definition) is 0. The van der Waals surface area contributed by atoms with Crippen LogP contribution in [0.4, 0.5) is 8.78 Å². The zero-order valence-corrected chi connectivity index (χ0v) is 21.5. The Bertz CT molecular complexity index is 1120. The van der Waals surface area contributed by atoms with Crippen LogP contribution < -0.4 is 0 Å². The molecule has 0 amide bonds. The number of pyridine rings is 1. The Morgan fingerprint density at radius 2 is 1.72 bits per heavy atom. The number of aromatic nitrogens is 1. The molecule has 36 heavy (non-hydrogen) atoms. The molecular weight excluding hydrogens is 452 g/mol. The average Bonchev–Trinajstić information content (AvgIpc) is 2.90. The van der Waals surface area contributed by atoms with E-state index >= 15 is 0 Å². The van der Waals surface area contributed by atoms with Crippen LogP contribution in [0, 0.1) is 11.6 Å². The van der Waals surface area contributed by atoms with Gasteiger partial charge in [0.05, 0.1) is 11.8 Å². The molecule has 2 nitrogen and oxygen atoms in total. The van der Waals surface area contributed by atoms with E-state index in [4.69, 9.17) is 4.74 Å². The molecule has 3 rings (SSSR count). The highest BCUT2D eigenvalue weighted by Gasteiger charge is 2.15. The van der Waals surface area contributed by atoms with Gasteiger partial charge in [0.2, 0.25) is 0 Å². The summed E-state index contributed by atoms with van der Waals surface area (Å²) < 4.78 is 34.7. The Labute approximate surface area is 214 Å². The van der Waals surface area contributed by atoms with Gasteiger partial charge in [0.1, 0.15) is 0 Å². The first-order chi connectivity index (χ1) is 17.5. The minimum absolute atomic E-state index is 0.157. The molecule has 190 valence electrons. The van der Waals surface area contributed by atoms with Crippen molar-refractivity contribution in [3.63, 3.8) is 0 Å². The molecule has 0 radical (unpaired) electrons. The quantitative estimate of drug-likeness (QED) is 0.166. The second-order valence-corrected chi connectivity index (χ2v) is 9.17. The Balaban J connectivity index is 1.52. The van der Waals surface area contributed by atoms with Crippen molar-refractivity contribution in [3.8, 4) is 22.4 Å². The van der Waals surface area contributed by atoms with E-state index in [1.807, 2.05) is 18.2 Å². The second-order valence-electron chi connectivity index (χ2n) is 9.17. The van der Waals surface area contributed by atoms with Crippen LogP contribution in [0.5, 0.6) is 0 Å². The number of unbranched alkanes of at least 4 members (excludes halogenated alkanes) is 3. The third-order valence-corrected chi connectivity index (χ3v) is 6.25. The SMILES string of the molecule is C=CCc1ccc(-c2ccc(-c3ccc(/C=C/CCCC(C)OCCCCC)cc3)cn2)c(F)c1F. The van der Waals surface area contributed by atoms with E-state index in [1.54, 1.807) is 30.5 Å². The summed E-state index contributed by atoms with van der Waals surface area (Å²) in [6.45, 7) is 8.81. The monoisotopic (exact) mass is 489 g/mol. The molecule has 0 aliphatic heterocycles. The molecule has 0 saturated heterocycles. The van der Waals surface area contributed by atoms with E-state index in [2.05, 4.69) is 49.7 Å². The van der Waals surface area contributed by atoms with E-state index in [-0.39, 0.29) is 12.0 Å². The molecular formula is C32H37F2NO. The lowest BCUT2D eigenvalue weighted by Gasteiger charge is -2.12. The number of nitrogens with zero attached hydrogens (tertiary/aromatic N) is 1. The predicted octanol–water partition coefficient (Wildman–Crippen LogP) is 9.20. The van der Waals surface area contributed by atoms with Gasteiger partial charge in [0, 0.05) is 23.9 Å². The van der Waals surface area contributed by atoms with Crippen molar-refractivity contribution in [2.45, 2.75) is 64.9 Å². The summed E-state index contributed by atoms with van der Waals surface area (Å²) in [5, 5.41) is 0. The van der Waals surface area contributed by atoms with Crippen molar-refractivity contribution in [3.05, 3.63) is 96.2 Å². The molecule has 0 aliphatic rings. The highest BCUT2D eigenvalue weighted by Crippen LogP contribution is 2.27. The first kappa shape index (κ1) is 27.5. The zero-order chi connectivity index (χ0) is 25.8. The van der Waals surface area contributed by atoms with E-state index in [0.29, 0.717) is 17.4 Å². The number of hydrogen-bond acceptors (Lipinski definition) is 2. The molecule has 0 saturated carbocycles. The number of benzene rings is 2. The summed E-state index contributed by atoms with van der Waals surface area (Å²) in [5.74, 6) is -1.72. The van der Waals surface area contributed by atoms with Gasteiger partial charge in [0.25, 0.3) is 0 Å². The van der Waals surface area contributed by atoms with E-state index < -0.39 is 11.6 Å². The number of halogens is 2. The van der Waals surface area contributed by atoms with Gasteiger partial charge in [-0.05, 0) is 67.9 Å². The fraction of sp³-hybridized carbons (Fsp3) is 0.344. The second kappa shape index (κ2) is 14.4. The highest BCUT2D eigenvalue weighted by atomic mass is 19.2. The number of ether oxygens (including phenoxy) is 1. The largest absolute Gasteiger partial charge is 0.379 e. The Morgan fingerprint density at radius 3 is 2.42 bits per heavy atom. The fourth-order valence-electron chi connectivity index (χ4n) is 4.07. The van der Waals surface area contributed by atoms with Crippen LogP contribution in [0.15, 0.2) is 73.5 Å². The zero-order valence-electron chi connectivity index (χ0n) is 21.5. The van der Waals surface area contributed by atoms with Crippen molar-refractivity contribution >= 4 is 6.08 Å². The van der Waals surface area contributed by atoms with Crippen LogP contribution in [0.1, 0.15) is 63.5 Å². The Kier molecular flexibility index (Phi) is 11.0. The number of allylic oxidation sites excluding steroid dienone is 2. The van der Waals surface area contributed by atoms with Crippen LogP contribution in [-0.4, -0.2) is 17.7 Å². The van der Waals surface area contributed by atoms with Crippen molar-refractivity contribution in [1.29, 1.82) is 0 Å². The van der Waals surface area contributed by atoms with Crippen molar-refractivity contribution in [1.82, 2.24) is 4.98 Å². The van der Waals surface area contributed by atoms with Crippen LogP contribution in [0.3, 0.4) is 0 Å². The van der Waals surface area contributed by atoms with Crippen molar-refractivity contribution < 1.29 is 13.5 Å². The molecule has 0 bridgehead atoms. The lowest BCUT2D eigenvalue weighted by molar-refractivity contribution is 0.0566. The molecule has 1 atom stereocenters. The minimum Gasteiger partial charge on any atom is -0.379 e. The molecule has 2 aromatic carbocycles. The van der Waals surface area contributed by atoms with E-state index in [9.17, 15) is 8.78 Å². The Hall–Kier alpha value is -3.11. The predicted molar refractivity (Wildman–Crippen MR) is 147 cm³/mol. The lowest BCUT2D eigenvalue weighted by Crippen LogP contribution is -2.08. The van der Waals surface area contributed by atoms with Gasteiger partial charge in [-0.2, -0.15) is 0 Å². The molecule has 3 aromatic rings. The molecule has 0 fully saturated rings. The van der Waals surface area contributed by atoms with Crippen molar-refractivity contribution in [2.75, 3.05) is 6.61 Å². The minimum atomic E-state index is -0.875. The first-order valence-corrected chi connectivity index (χ1v) is 13.0. The third-order valence-electron chi connectivity index (χ3n) is 6.25. The Morgan fingerprint density at radius 1 is 0.944 bits per heavy atom. The standard InChI is InChI=1S/C32H37F2NO/c1-4-6-10-22-36-24(3)12-8-7-9-13-25-14-16-26(17-15-25)28-19-21-30(35-23-28)29-20-18-27(11-5-2)31(33)32(29)34/h5,9,13-21,23-24H,2,4,6-8,10-12,22H2,1,3H3/b13-9+. The van der Waals surface area contributed by atoms with Crippen LogP contribution in [0.2, 0.25) is 0 Å². The van der Waals surface area contributed by atoms with Gasteiger partial charge >= 0.3 is 0 Å². The van der Waals surface area contributed by atoms with Gasteiger partial charge in [-0.3, -0.25) is 4.98 Å². The van der Waals surface area contributed by atoms with E-state index in [0.717, 1.165) is 49.0 Å². The van der Waals surface area contributed by atoms with E-state index in [1.165, 1.54) is 12.8 Å². The third kappa shape index (κ3) is 7.96.